The van der Waals surface area contributed by atoms with E-state index < -0.39 is 0 Å². The lowest BCUT2D eigenvalue weighted by molar-refractivity contribution is 0.232. The van der Waals surface area contributed by atoms with Gasteiger partial charge in [0.2, 0.25) is 0 Å². The molecular formula is C19H20ClN5O. The maximum Gasteiger partial charge on any atom is 0.315 e. The van der Waals surface area contributed by atoms with Gasteiger partial charge in [0.15, 0.2) is 11.5 Å². The molecule has 3 aromatic rings. The summed E-state index contributed by atoms with van der Waals surface area (Å²) >= 11 is 5.98. The summed E-state index contributed by atoms with van der Waals surface area (Å²) in [5.74, 6) is 1.18. The quantitative estimate of drug-likeness (QED) is 0.716. The van der Waals surface area contributed by atoms with Gasteiger partial charge in [0, 0.05) is 11.2 Å². The van der Waals surface area contributed by atoms with Crippen molar-refractivity contribution in [2.45, 2.75) is 31.8 Å². The van der Waals surface area contributed by atoms with E-state index in [2.05, 4.69) is 20.8 Å². The molecule has 0 spiro atoms. The van der Waals surface area contributed by atoms with Crippen molar-refractivity contribution in [1.82, 2.24) is 25.2 Å². The van der Waals surface area contributed by atoms with Crippen LogP contribution in [0.4, 0.5) is 4.79 Å². The van der Waals surface area contributed by atoms with Gasteiger partial charge in [0.1, 0.15) is 0 Å². The summed E-state index contributed by atoms with van der Waals surface area (Å²) in [6, 6.07) is 12.9. The number of pyridine rings is 1. The summed E-state index contributed by atoms with van der Waals surface area (Å²) in [5.41, 5.74) is 1.83. The number of carbonyl (C=O) groups excluding carboxylic acids is 1. The van der Waals surface area contributed by atoms with Crippen molar-refractivity contribution < 1.29 is 4.79 Å². The minimum atomic E-state index is -0.266. The van der Waals surface area contributed by atoms with Gasteiger partial charge in [0.25, 0.3) is 0 Å². The zero-order valence-electron chi connectivity index (χ0n) is 14.4. The van der Waals surface area contributed by atoms with Crippen LogP contribution in [0.2, 0.25) is 5.02 Å². The highest BCUT2D eigenvalue weighted by Gasteiger charge is 2.33. The van der Waals surface area contributed by atoms with E-state index >= 15 is 0 Å². The van der Waals surface area contributed by atoms with Crippen molar-refractivity contribution in [3.63, 3.8) is 0 Å². The Hall–Kier alpha value is -2.60. The molecular weight excluding hydrogens is 350 g/mol. The minimum absolute atomic E-state index is 0.00499. The lowest BCUT2D eigenvalue weighted by atomic mass is 10.0. The van der Waals surface area contributed by atoms with Crippen LogP contribution in [0.3, 0.4) is 0 Å². The van der Waals surface area contributed by atoms with Gasteiger partial charge in [-0.15, -0.1) is 10.2 Å². The van der Waals surface area contributed by atoms with E-state index in [1.807, 2.05) is 60.0 Å². The lowest BCUT2D eigenvalue weighted by Gasteiger charge is -2.21. The van der Waals surface area contributed by atoms with Gasteiger partial charge in [-0.3, -0.25) is 4.40 Å². The molecule has 6 nitrogen and oxygen atoms in total. The Morgan fingerprint density at radius 1 is 1.15 bits per heavy atom. The van der Waals surface area contributed by atoms with Crippen LogP contribution in [-0.2, 0) is 0 Å². The second kappa shape index (κ2) is 6.96. The van der Waals surface area contributed by atoms with Crippen LogP contribution in [0.15, 0.2) is 48.7 Å². The molecule has 4 rings (SSSR count). The number of hydrogen-bond donors (Lipinski definition) is 2. The topological polar surface area (TPSA) is 71.3 Å². The fourth-order valence-corrected chi connectivity index (χ4v) is 3.30. The van der Waals surface area contributed by atoms with Crippen LogP contribution in [-0.4, -0.2) is 20.6 Å². The SMILES string of the molecule is CC(NC(=O)NC(c1ccc(Cl)cc1)C1CC1)c1nnc2ccccn12. The molecule has 0 radical (unpaired) electrons. The first-order valence-corrected chi connectivity index (χ1v) is 9.12. The normalized spacial score (nSPS) is 16.2. The molecule has 1 aromatic carbocycles. The number of carbonyl (C=O) groups is 1. The Balaban J connectivity index is 1.46. The van der Waals surface area contributed by atoms with Gasteiger partial charge in [-0.25, -0.2) is 4.79 Å². The summed E-state index contributed by atoms with van der Waals surface area (Å²) in [6.45, 7) is 1.90. The zero-order valence-corrected chi connectivity index (χ0v) is 15.1. The molecule has 2 aromatic heterocycles. The largest absolute Gasteiger partial charge is 0.331 e. The molecule has 0 bridgehead atoms. The maximum absolute atomic E-state index is 12.6. The number of fused-ring (bicyclic) bond motifs is 1. The molecule has 134 valence electrons. The first-order valence-electron chi connectivity index (χ1n) is 8.74. The monoisotopic (exact) mass is 369 g/mol. The molecule has 1 saturated carbocycles. The van der Waals surface area contributed by atoms with E-state index in [9.17, 15) is 4.79 Å². The number of urea groups is 1. The maximum atomic E-state index is 12.6. The molecule has 2 unspecified atom stereocenters. The fourth-order valence-electron chi connectivity index (χ4n) is 3.17. The molecule has 26 heavy (non-hydrogen) atoms. The van der Waals surface area contributed by atoms with Gasteiger partial charge in [-0.2, -0.15) is 0 Å². The van der Waals surface area contributed by atoms with Crippen molar-refractivity contribution in [2.24, 2.45) is 5.92 Å². The summed E-state index contributed by atoms with van der Waals surface area (Å²) < 4.78 is 1.88. The molecule has 2 atom stereocenters. The number of benzene rings is 1. The zero-order chi connectivity index (χ0) is 18.1. The Labute approximate surface area is 156 Å². The summed E-state index contributed by atoms with van der Waals surface area (Å²) in [7, 11) is 0. The van der Waals surface area contributed by atoms with E-state index in [-0.39, 0.29) is 18.1 Å². The third-order valence-electron chi connectivity index (χ3n) is 4.68. The predicted molar refractivity (Wildman–Crippen MR) is 100.0 cm³/mol. The third-order valence-corrected chi connectivity index (χ3v) is 4.94. The highest BCUT2D eigenvalue weighted by Crippen LogP contribution is 2.41. The first kappa shape index (κ1) is 16.8. The third kappa shape index (κ3) is 3.51. The average Bonchev–Trinajstić information content (AvgIpc) is 3.38. The Morgan fingerprint density at radius 2 is 1.92 bits per heavy atom. The molecule has 1 aliphatic carbocycles. The Bertz CT molecular complexity index is 919. The Morgan fingerprint density at radius 3 is 2.65 bits per heavy atom. The van der Waals surface area contributed by atoms with Gasteiger partial charge in [-0.05, 0) is 55.5 Å². The van der Waals surface area contributed by atoms with Gasteiger partial charge in [0.05, 0.1) is 12.1 Å². The van der Waals surface area contributed by atoms with Crippen molar-refractivity contribution in [2.75, 3.05) is 0 Å². The van der Waals surface area contributed by atoms with Crippen molar-refractivity contribution in [3.8, 4) is 0 Å². The molecule has 0 saturated heterocycles. The first-order chi connectivity index (χ1) is 12.6. The summed E-state index contributed by atoms with van der Waals surface area (Å²) in [5, 5.41) is 15.1. The number of rotatable bonds is 5. The second-order valence-electron chi connectivity index (χ2n) is 6.69. The number of hydrogen-bond acceptors (Lipinski definition) is 3. The van der Waals surface area contributed by atoms with Crippen LogP contribution < -0.4 is 10.6 Å². The predicted octanol–water partition coefficient (Wildman–Crippen LogP) is 3.89. The molecule has 7 heteroatoms. The number of nitrogens with one attached hydrogen (secondary N) is 2. The fraction of sp³-hybridized carbons (Fsp3) is 0.316. The smallest absolute Gasteiger partial charge is 0.315 e. The van der Waals surface area contributed by atoms with Crippen LogP contribution in [0.25, 0.3) is 5.65 Å². The molecule has 2 heterocycles. The van der Waals surface area contributed by atoms with Gasteiger partial charge < -0.3 is 10.6 Å². The highest BCUT2D eigenvalue weighted by atomic mass is 35.5. The van der Waals surface area contributed by atoms with E-state index in [4.69, 9.17) is 11.6 Å². The molecule has 1 aliphatic rings. The van der Waals surface area contributed by atoms with Crippen LogP contribution in [0, 0.1) is 5.92 Å². The lowest BCUT2D eigenvalue weighted by Crippen LogP contribution is -2.40. The minimum Gasteiger partial charge on any atom is -0.331 e. The number of aromatic nitrogens is 3. The van der Waals surface area contributed by atoms with Crippen LogP contribution in [0.1, 0.15) is 43.2 Å². The van der Waals surface area contributed by atoms with Crippen molar-refractivity contribution in [1.29, 1.82) is 0 Å². The van der Waals surface area contributed by atoms with E-state index in [0.29, 0.717) is 16.8 Å². The van der Waals surface area contributed by atoms with Gasteiger partial charge in [-0.1, -0.05) is 29.8 Å². The molecule has 2 N–H and O–H groups in total. The summed E-state index contributed by atoms with van der Waals surface area (Å²) in [4.78, 5) is 12.6. The molecule has 1 fully saturated rings. The van der Waals surface area contributed by atoms with E-state index in [1.54, 1.807) is 0 Å². The van der Waals surface area contributed by atoms with E-state index in [1.165, 1.54) is 0 Å². The number of amides is 2. The van der Waals surface area contributed by atoms with E-state index in [0.717, 1.165) is 24.1 Å². The number of nitrogens with zero attached hydrogens (tertiary/aromatic N) is 3. The van der Waals surface area contributed by atoms with Crippen LogP contribution in [0.5, 0.6) is 0 Å². The average molecular weight is 370 g/mol. The van der Waals surface area contributed by atoms with Crippen LogP contribution >= 0.6 is 11.6 Å². The number of halogens is 1. The van der Waals surface area contributed by atoms with Crippen molar-refractivity contribution in [3.05, 3.63) is 65.1 Å². The molecule has 0 aliphatic heterocycles. The standard InChI is InChI=1S/C19H20ClN5O/c1-12(18-24-23-16-4-2-3-11-25(16)18)21-19(26)22-17(13-5-6-13)14-7-9-15(20)10-8-14/h2-4,7-13,17H,5-6H2,1H3,(H2,21,22,26). The molecule has 2 amide bonds. The Kier molecular flexibility index (Phi) is 4.51. The highest BCUT2D eigenvalue weighted by molar-refractivity contribution is 6.30. The summed E-state index contributed by atoms with van der Waals surface area (Å²) in [6.07, 6.45) is 4.14. The van der Waals surface area contributed by atoms with Gasteiger partial charge >= 0.3 is 6.03 Å². The van der Waals surface area contributed by atoms with Crippen molar-refractivity contribution >= 4 is 23.3 Å². The second-order valence-corrected chi connectivity index (χ2v) is 7.13.